The fourth-order valence-electron chi connectivity index (χ4n) is 0.717. The van der Waals surface area contributed by atoms with Gasteiger partial charge in [-0.05, 0) is 12.8 Å². The summed E-state index contributed by atoms with van der Waals surface area (Å²) in [6.07, 6.45) is 2.84. The van der Waals surface area contributed by atoms with Gasteiger partial charge in [-0.1, -0.05) is 12.8 Å². The first-order valence-corrected chi connectivity index (χ1v) is 3.53. The first-order chi connectivity index (χ1) is 4.77. The minimum atomic E-state index is -1.01. The highest BCUT2D eigenvalue weighted by Gasteiger charge is 1.97. The van der Waals surface area contributed by atoms with Crippen molar-refractivity contribution in [2.45, 2.75) is 32.1 Å². The molecule has 0 N–H and O–H groups in total. The van der Waals surface area contributed by atoms with E-state index >= 15 is 0 Å². The zero-order valence-electron chi connectivity index (χ0n) is 5.94. The van der Waals surface area contributed by atoms with Gasteiger partial charge in [-0.25, -0.2) is 9.90 Å². The van der Waals surface area contributed by atoms with Gasteiger partial charge in [-0.2, -0.15) is 0 Å². The summed E-state index contributed by atoms with van der Waals surface area (Å²) in [4.78, 5) is 9.85. The standard InChI is InChI=1S/C7H12FO2/c8-6-4-2-1-3-5-7(9)10/h1-6H2. The first-order valence-electron chi connectivity index (χ1n) is 3.53. The number of rotatable bonds is 6. The Labute approximate surface area is 60.1 Å². The lowest BCUT2D eigenvalue weighted by molar-refractivity contribution is -0.143. The van der Waals surface area contributed by atoms with Crippen LogP contribution in [0.5, 0.6) is 0 Å². The van der Waals surface area contributed by atoms with Crippen LogP contribution in [0.4, 0.5) is 4.39 Å². The van der Waals surface area contributed by atoms with Crippen molar-refractivity contribution in [3.8, 4) is 0 Å². The Morgan fingerprint density at radius 1 is 1.10 bits per heavy atom. The topological polar surface area (TPSA) is 37.0 Å². The Morgan fingerprint density at radius 3 is 2.20 bits per heavy atom. The molecular weight excluding hydrogens is 135 g/mol. The highest BCUT2D eigenvalue weighted by atomic mass is 19.1. The summed E-state index contributed by atoms with van der Waals surface area (Å²) in [6, 6.07) is 0. The highest BCUT2D eigenvalue weighted by Crippen LogP contribution is 2.02. The third kappa shape index (κ3) is 7.40. The summed E-state index contributed by atoms with van der Waals surface area (Å²) >= 11 is 0. The molecule has 0 fully saturated rings. The molecule has 59 valence electrons. The largest absolute Gasteiger partial charge is 0.355 e. The smallest absolute Gasteiger partial charge is 0.251 e. The predicted octanol–water partition coefficient (Wildman–Crippen LogP) is 1.86. The van der Waals surface area contributed by atoms with Gasteiger partial charge in [-0.15, -0.1) is 0 Å². The molecule has 0 aliphatic carbocycles. The normalized spacial score (nSPS) is 9.70. The van der Waals surface area contributed by atoms with Crippen molar-refractivity contribution in [1.82, 2.24) is 0 Å². The molecule has 0 unspecified atom stereocenters. The molecular formula is C7H12FO2. The number of hydrogen-bond donors (Lipinski definition) is 0. The lowest BCUT2D eigenvalue weighted by atomic mass is 10.1. The summed E-state index contributed by atoms with van der Waals surface area (Å²) < 4.78 is 11.5. The van der Waals surface area contributed by atoms with Crippen molar-refractivity contribution in [3.05, 3.63) is 0 Å². The molecule has 0 spiro atoms. The Balaban J connectivity index is 2.84. The number of carbonyl (C=O) groups is 1. The fraction of sp³-hybridized carbons (Fsp3) is 0.857. The van der Waals surface area contributed by atoms with Crippen molar-refractivity contribution in [2.24, 2.45) is 0 Å². The third-order valence-electron chi connectivity index (χ3n) is 1.26. The maximum Gasteiger partial charge on any atom is 0.355 e. The van der Waals surface area contributed by atoms with Crippen LogP contribution in [0.2, 0.25) is 0 Å². The summed E-state index contributed by atoms with van der Waals surface area (Å²) in [5.74, 6) is -1.01. The molecule has 0 saturated heterocycles. The van der Waals surface area contributed by atoms with Crippen LogP contribution in [0, 0.1) is 0 Å². The van der Waals surface area contributed by atoms with Gasteiger partial charge in [0.15, 0.2) is 0 Å². The van der Waals surface area contributed by atoms with Gasteiger partial charge in [-0.3, -0.25) is 4.39 Å². The van der Waals surface area contributed by atoms with Crippen molar-refractivity contribution in [2.75, 3.05) is 6.67 Å². The zero-order chi connectivity index (χ0) is 7.82. The molecule has 0 bridgehead atoms. The van der Waals surface area contributed by atoms with E-state index in [9.17, 15) is 14.3 Å². The zero-order valence-corrected chi connectivity index (χ0v) is 5.94. The SMILES string of the molecule is [O]C(=O)CCCCCCF. The van der Waals surface area contributed by atoms with Gasteiger partial charge >= 0.3 is 5.97 Å². The Hall–Kier alpha value is -0.600. The second kappa shape index (κ2) is 6.52. The van der Waals surface area contributed by atoms with Gasteiger partial charge in [0, 0.05) is 0 Å². The van der Waals surface area contributed by atoms with Gasteiger partial charge in [0.05, 0.1) is 13.1 Å². The molecule has 0 aliphatic heterocycles. The highest BCUT2D eigenvalue weighted by molar-refractivity contribution is 5.66. The molecule has 0 aromatic heterocycles. The maximum atomic E-state index is 11.5. The summed E-state index contributed by atoms with van der Waals surface area (Å²) in [6.45, 7) is -0.300. The third-order valence-corrected chi connectivity index (χ3v) is 1.26. The van der Waals surface area contributed by atoms with E-state index in [4.69, 9.17) is 0 Å². The lowest BCUT2D eigenvalue weighted by Crippen LogP contribution is -1.91. The van der Waals surface area contributed by atoms with E-state index in [-0.39, 0.29) is 13.1 Å². The molecule has 10 heavy (non-hydrogen) atoms. The number of alkyl halides is 1. The van der Waals surface area contributed by atoms with Gasteiger partial charge < -0.3 is 0 Å². The number of halogens is 1. The molecule has 0 rings (SSSR count). The van der Waals surface area contributed by atoms with Crippen LogP contribution >= 0.6 is 0 Å². The van der Waals surface area contributed by atoms with E-state index in [1.54, 1.807) is 0 Å². The van der Waals surface area contributed by atoms with Crippen molar-refractivity contribution >= 4 is 5.97 Å². The minimum Gasteiger partial charge on any atom is -0.251 e. The van der Waals surface area contributed by atoms with Gasteiger partial charge in [0.1, 0.15) is 0 Å². The second-order valence-electron chi connectivity index (χ2n) is 2.23. The van der Waals surface area contributed by atoms with E-state index in [0.717, 1.165) is 12.8 Å². The lowest BCUT2D eigenvalue weighted by Gasteiger charge is -1.93. The van der Waals surface area contributed by atoms with Crippen molar-refractivity contribution in [3.63, 3.8) is 0 Å². The van der Waals surface area contributed by atoms with E-state index < -0.39 is 5.97 Å². The molecule has 0 aliphatic rings. The molecule has 3 heteroatoms. The molecule has 1 radical (unpaired) electrons. The van der Waals surface area contributed by atoms with Crippen LogP contribution in [0.25, 0.3) is 0 Å². The second-order valence-corrected chi connectivity index (χ2v) is 2.23. The predicted molar refractivity (Wildman–Crippen MR) is 34.8 cm³/mol. The fourth-order valence-corrected chi connectivity index (χ4v) is 0.717. The van der Waals surface area contributed by atoms with Crippen LogP contribution in [-0.2, 0) is 9.90 Å². The molecule has 0 aromatic carbocycles. The first kappa shape index (κ1) is 9.40. The van der Waals surface area contributed by atoms with Crippen LogP contribution in [-0.4, -0.2) is 12.6 Å². The van der Waals surface area contributed by atoms with E-state index in [1.165, 1.54) is 0 Å². The minimum absolute atomic E-state index is 0.103. The van der Waals surface area contributed by atoms with E-state index in [1.807, 2.05) is 0 Å². The quantitative estimate of drug-likeness (QED) is 0.528. The van der Waals surface area contributed by atoms with Crippen LogP contribution in [0.3, 0.4) is 0 Å². The maximum absolute atomic E-state index is 11.5. The Bertz CT molecular complexity index is 93.6. The van der Waals surface area contributed by atoms with Crippen LogP contribution in [0.1, 0.15) is 32.1 Å². The molecule has 0 heterocycles. The van der Waals surface area contributed by atoms with E-state index in [0.29, 0.717) is 12.8 Å². The molecule has 0 saturated carbocycles. The molecule has 0 aromatic rings. The summed E-state index contributed by atoms with van der Waals surface area (Å²) in [5.41, 5.74) is 0. The van der Waals surface area contributed by atoms with Crippen LogP contribution < -0.4 is 0 Å². The molecule has 2 nitrogen and oxygen atoms in total. The molecule has 0 atom stereocenters. The van der Waals surface area contributed by atoms with Gasteiger partial charge in [0.25, 0.3) is 0 Å². The van der Waals surface area contributed by atoms with E-state index in [2.05, 4.69) is 0 Å². The Kier molecular flexibility index (Phi) is 6.13. The van der Waals surface area contributed by atoms with Gasteiger partial charge in [0.2, 0.25) is 0 Å². The Morgan fingerprint density at radius 2 is 1.70 bits per heavy atom. The monoisotopic (exact) mass is 147 g/mol. The van der Waals surface area contributed by atoms with Crippen LogP contribution in [0.15, 0.2) is 0 Å². The van der Waals surface area contributed by atoms with Crippen molar-refractivity contribution < 1.29 is 14.3 Å². The van der Waals surface area contributed by atoms with Crippen molar-refractivity contribution in [1.29, 1.82) is 0 Å². The summed E-state index contributed by atoms with van der Waals surface area (Å²) in [5, 5.41) is 9.85. The number of hydrogen-bond acceptors (Lipinski definition) is 1. The number of unbranched alkanes of at least 4 members (excludes halogenated alkanes) is 3. The molecule has 0 amide bonds. The average Bonchev–Trinajstić information content (AvgIpc) is 1.87. The summed E-state index contributed by atoms with van der Waals surface area (Å²) in [7, 11) is 0. The average molecular weight is 147 g/mol. The number of carbonyl (C=O) groups excluding carboxylic acids is 1.